The topological polar surface area (TPSA) is 117 Å². The van der Waals surface area contributed by atoms with Crippen LogP contribution in [0.1, 0.15) is 63.9 Å². The first-order valence-electron chi connectivity index (χ1n) is 12.6. The van der Waals surface area contributed by atoms with E-state index in [2.05, 4.69) is 36.5 Å². The van der Waals surface area contributed by atoms with Crippen LogP contribution in [0.5, 0.6) is 0 Å². The van der Waals surface area contributed by atoms with Gasteiger partial charge in [0.1, 0.15) is 11.7 Å². The summed E-state index contributed by atoms with van der Waals surface area (Å²) in [7, 11) is 1.70. The van der Waals surface area contributed by atoms with Gasteiger partial charge in [-0.2, -0.15) is 5.10 Å². The van der Waals surface area contributed by atoms with Crippen molar-refractivity contribution in [2.45, 2.75) is 77.0 Å². The van der Waals surface area contributed by atoms with Crippen LogP contribution in [0.25, 0.3) is 11.3 Å². The maximum absolute atomic E-state index is 13.4. The minimum absolute atomic E-state index is 0.0687. The molecular weight excluding hydrogens is 458 g/mol. The van der Waals surface area contributed by atoms with E-state index in [1.807, 2.05) is 30.3 Å². The Morgan fingerprint density at radius 2 is 1.83 bits per heavy atom. The molecule has 1 aliphatic carbocycles. The van der Waals surface area contributed by atoms with Crippen molar-refractivity contribution < 1.29 is 19.5 Å². The standard InChI is InChI=1S/C27H37N5O4/c1-26(2,3)29-18-11-12-22(27(4,16-18)25(35)36)32-14-13-19(24(32)34)28-23(33)21-15-20(30-31(21)5)17-9-7-6-8-10-17/h6-10,15,18-19,22,29H,11-14,16H2,1-5H3,(H,28,33)(H,35,36)/t18?,19-,22?,27?/m0/s1. The summed E-state index contributed by atoms with van der Waals surface area (Å²) in [5, 5.41) is 21.0. The lowest BCUT2D eigenvalue weighted by Crippen LogP contribution is -2.59. The molecule has 9 nitrogen and oxygen atoms in total. The molecule has 0 radical (unpaired) electrons. The van der Waals surface area contributed by atoms with Gasteiger partial charge in [0.15, 0.2) is 0 Å². The fraction of sp³-hybridized carbons (Fsp3) is 0.556. The average molecular weight is 496 g/mol. The molecule has 4 atom stereocenters. The van der Waals surface area contributed by atoms with Gasteiger partial charge in [0.25, 0.3) is 5.91 Å². The maximum atomic E-state index is 13.4. The molecule has 2 fully saturated rings. The van der Waals surface area contributed by atoms with Crippen LogP contribution in [-0.2, 0) is 16.6 Å². The first-order valence-corrected chi connectivity index (χ1v) is 12.6. The minimum Gasteiger partial charge on any atom is -0.481 e. The summed E-state index contributed by atoms with van der Waals surface area (Å²) in [4.78, 5) is 40.5. The van der Waals surface area contributed by atoms with Gasteiger partial charge in [0, 0.05) is 36.8 Å². The van der Waals surface area contributed by atoms with Crippen molar-refractivity contribution >= 4 is 17.8 Å². The quantitative estimate of drug-likeness (QED) is 0.568. The number of amides is 2. The summed E-state index contributed by atoms with van der Waals surface area (Å²) >= 11 is 0. The van der Waals surface area contributed by atoms with Gasteiger partial charge in [-0.1, -0.05) is 30.3 Å². The fourth-order valence-electron chi connectivity index (χ4n) is 5.70. The zero-order chi connectivity index (χ0) is 26.3. The summed E-state index contributed by atoms with van der Waals surface area (Å²) in [6.45, 7) is 8.38. The SMILES string of the molecule is Cn1nc(-c2ccccc2)cc1C(=O)N[C@H]1CCN(C2CCC(NC(C)(C)C)CC2(C)C(=O)O)C1=O. The van der Waals surface area contributed by atoms with Gasteiger partial charge in [0.2, 0.25) is 5.91 Å². The normalized spacial score (nSPS) is 26.8. The highest BCUT2D eigenvalue weighted by atomic mass is 16.4. The first kappa shape index (κ1) is 25.9. The van der Waals surface area contributed by atoms with Gasteiger partial charge < -0.3 is 20.6 Å². The number of hydrogen-bond donors (Lipinski definition) is 3. The van der Waals surface area contributed by atoms with Crippen LogP contribution >= 0.6 is 0 Å². The molecule has 1 saturated heterocycles. The number of aryl methyl sites for hydroxylation is 1. The maximum Gasteiger partial charge on any atom is 0.311 e. The zero-order valence-corrected chi connectivity index (χ0v) is 21.7. The average Bonchev–Trinajstić information content (AvgIpc) is 3.36. The number of rotatable bonds is 6. The van der Waals surface area contributed by atoms with Gasteiger partial charge in [-0.05, 0) is 59.4 Å². The Balaban J connectivity index is 1.46. The smallest absolute Gasteiger partial charge is 0.311 e. The van der Waals surface area contributed by atoms with E-state index in [0.717, 1.165) is 12.0 Å². The van der Waals surface area contributed by atoms with Crippen LogP contribution in [0.3, 0.4) is 0 Å². The van der Waals surface area contributed by atoms with Gasteiger partial charge in [-0.3, -0.25) is 19.1 Å². The minimum atomic E-state index is -1.07. The molecule has 194 valence electrons. The second kappa shape index (κ2) is 9.69. The lowest BCUT2D eigenvalue weighted by atomic mass is 9.68. The van der Waals surface area contributed by atoms with Crippen LogP contribution in [0.15, 0.2) is 36.4 Å². The van der Waals surface area contributed by atoms with Gasteiger partial charge in [-0.25, -0.2) is 0 Å². The van der Waals surface area contributed by atoms with E-state index in [9.17, 15) is 19.5 Å². The molecule has 9 heteroatoms. The van der Waals surface area contributed by atoms with Crippen molar-refractivity contribution in [2.24, 2.45) is 12.5 Å². The van der Waals surface area contributed by atoms with Crippen LogP contribution < -0.4 is 10.6 Å². The van der Waals surface area contributed by atoms with Crippen LogP contribution in [0.2, 0.25) is 0 Å². The highest BCUT2D eigenvalue weighted by molar-refractivity contribution is 5.97. The van der Waals surface area contributed by atoms with Crippen molar-refractivity contribution in [3.8, 4) is 11.3 Å². The second-order valence-electron chi connectivity index (χ2n) is 11.4. The number of nitrogens with one attached hydrogen (secondary N) is 2. The number of carboxylic acids is 1. The van der Waals surface area contributed by atoms with Crippen molar-refractivity contribution in [1.82, 2.24) is 25.3 Å². The largest absolute Gasteiger partial charge is 0.481 e. The van der Waals surface area contributed by atoms with Crippen molar-refractivity contribution in [3.05, 3.63) is 42.1 Å². The molecular formula is C27H37N5O4. The Morgan fingerprint density at radius 3 is 2.47 bits per heavy atom. The third kappa shape index (κ3) is 5.16. The summed E-state index contributed by atoms with van der Waals surface area (Å²) in [5.41, 5.74) is 0.758. The Kier molecular flexibility index (Phi) is 6.96. The fourth-order valence-corrected chi connectivity index (χ4v) is 5.70. The molecule has 3 unspecified atom stereocenters. The number of aromatic nitrogens is 2. The summed E-state index contributed by atoms with van der Waals surface area (Å²) in [6, 6.07) is 10.3. The molecule has 2 heterocycles. The molecule has 3 N–H and O–H groups in total. The Hall–Kier alpha value is -3.20. The molecule has 0 bridgehead atoms. The van der Waals surface area contributed by atoms with E-state index in [1.54, 1.807) is 24.9 Å². The van der Waals surface area contributed by atoms with Crippen LogP contribution in [-0.4, -0.2) is 67.8 Å². The molecule has 0 spiro atoms. The number of carboxylic acid groups (broad SMARTS) is 1. The molecule has 1 saturated carbocycles. The van der Waals surface area contributed by atoms with Crippen molar-refractivity contribution in [1.29, 1.82) is 0 Å². The molecule has 36 heavy (non-hydrogen) atoms. The lowest BCUT2D eigenvalue weighted by Gasteiger charge is -2.47. The number of likely N-dealkylation sites (tertiary alicyclic amines) is 1. The third-order valence-corrected chi connectivity index (χ3v) is 7.42. The predicted molar refractivity (Wildman–Crippen MR) is 136 cm³/mol. The molecule has 4 rings (SSSR count). The van der Waals surface area contributed by atoms with E-state index in [4.69, 9.17) is 0 Å². The van der Waals surface area contributed by atoms with E-state index in [1.165, 1.54) is 4.68 Å². The van der Waals surface area contributed by atoms with Crippen LogP contribution in [0, 0.1) is 5.41 Å². The highest BCUT2D eigenvalue weighted by Crippen LogP contribution is 2.41. The van der Waals surface area contributed by atoms with Crippen molar-refractivity contribution in [3.63, 3.8) is 0 Å². The lowest BCUT2D eigenvalue weighted by molar-refractivity contribution is -0.158. The highest BCUT2D eigenvalue weighted by Gasteiger charge is 2.52. The number of aliphatic carboxylic acids is 1. The number of hydrogen-bond acceptors (Lipinski definition) is 5. The van der Waals surface area contributed by atoms with E-state index >= 15 is 0 Å². The summed E-state index contributed by atoms with van der Waals surface area (Å²) < 4.78 is 1.51. The number of nitrogens with zero attached hydrogens (tertiary/aromatic N) is 3. The third-order valence-electron chi connectivity index (χ3n) is 7.42. The second-order valence-corrected chi connectivity index (χ2v) is 11.4. The number of benzene rings is 1. The Bertz CT molecular complexity index is 1140. The molecule has 1 aliphatic heterocycles. The molecule has 2 aromatic rings. The zero-order valence-electron chi connectivity index (χ0n) is 21.7. The van der Waals surface area contributed by atoms with Crippen LogP contribution in [0.4, 0.5) is 0 Å². The van der Waals surface area contributed by atoms with E-state index in [-0.39, 0.29) is 23.4 Å². The molecule has 1 aromatic carbocycles. The Labute approximate surface area is 212 Å². The van der Waals surface area contributed by atoms with Gasteiger partial charge >= 0.3 is 5.97 Å². The van der Waals surface area contributed by atoms with Gasteiger partial charge in [0.05, 0.1) is 11.1 Å². The van der Waals surface area contributed by atoms with Crippen molar-refractivity contribution in [2.75, 3.05) is 6.54 Å². The van der Waals surface area contributed by atoms with E-state index < -0.39 is 23.5 Å². The first-order chi connectivity index (χ1) is 16.9. The summed E-state index contributed by atoms with van der Waals surface area (Å²) in [5.74, 6) is -1.48. The van der Waals surface area contributed by atoms with E-state index in [0.29, 0.717) is 37.2 Å². The predicted octanol–water partition coefficient (Wildman–Crippen LogP) is 2.82. The molecule has 1 aromatic heterocycles. The van der Waals surface area contributed by atoms with Gasteiger partial charge in [-0.15, -0.1) is 0 Å². The molecule has 2 amide bonds. The summed E-state index contributed by atoms with van der Waals surface area (Å²) in [6.07, 6.45) is 2.29. The number of carbonyl (C=O) groups excluding carboxylic acids is 2. The monoisotopic (exact) mass is 495 g/mol. The number of carbonyl (C=O) groups is 3. The molecule has 2 aliphatic rings. The Morgan fingerprint density at radius 1 is 1.14 bits per heavy atom.